The van der Waals surface area contributed by atoms with Crippen LogP contribution < -0.4 is 9.46 Å². The molecule has 0 bridgehead atoms. The molecule has 0 aliphatic carbocycles. The minimum Gasteiger partial charge on any atom is -0.457 e. The highest BCUT2D eigenvalue weighted by atomic mass is 32.2. The van der Waals surface area contributed by atoms with E-state index in [1.54, 1.807) is 24.3 Å². The molecule has 3 aromatic rings. The Kier molecular flexibility index (Phi) is 6.10. The van der Waals surface area contributed by atoms with E-state index >= 15 is 4.39 Å². The van der Waals surface area contributed by atoms with Crippen molar-refractivity contribution in [3.8, 4) is 11.5 Å². The van der Waals surface area contributed by atoms with Gasteiger partial charge < -0.3 is 4.74 Å². The number of nitrogens with one attached hydrogen (secondary N) is 1. The van der Waals surface area contributed by atoms with E-state index in [1.165, 1.54) is 0 Å². The van der Waals surface area contributed by atoms with Gasteiger partial charge in [-0.25, -0.2) is 17.5 Å². The minimum atomic E-state index is -3.96. The number of aryl methyl sites for hydroxylation is 1. The molecule has 174 valence electrons. The molecule has 0 fully saturated rings. The quantitative estimate of drug-likeness (QED) is 0.459. The first-order valence-electron chi connectivity index (χ1n) is 11.1. The van der Waals surface area contributed by atoms with Crippen molar-refractivity contribution in [2.45, 2.75) is 50.5 Å². The van der Waals surface area contributed by atoms with E-state index in [-0.39, 0.29) is 17.2 Å². The van der Waals surface area contributed by atoms with Crippen LogP contribution in [0.4, 0.5) is 4.39 Å². The summed E-state index contributed by atoms with van der Waals surface area (Å²) in [5.41, 5.74) is 0.748. The molecular formula is C27H30FNO3S. The Bertz CT molecular complexity index is 1200. The topological polar surface area (TPSA) is 55.4 Å². The first-order chi connectivity index (χ1) is 15.6. The minimum absolute atomic E-state index is 0.128. The molecule has 1 aliphatic rings. The van der Waals surface area contributed by atoms with E-state index in [9.17, 15) is 8.42 Å². The van der Waals surface area contributed by atoms with Crippen LogP contribution in [0.15, 0.2) is 77.7 Å². The van der Waals surface area contributed by atoms with Crippen molar-refractivity contribution < 1.29 is 17.5 Å². The summed E-state index contributed by atoms with van der Waals surface area (Å²) in [4.78, 5) is 0.128. The number of benzene rings is 3. The lowest BCUT2D eigenvalue weighted by Gasteiger charge is -2.46. The zero-order valence-electron chi connectivity index (χ0n) is 19.4. The summed E-state index contributed by atoms with van der Waals surface area (Å²) in [6, 6.07) is 22.0. The average Bonchev–Trinajstić information content (AvgIpc) is 2.77. The predicted molar refractivity (Wildman–Crippen MR) is 129 cm³/mol. The van der Waals surface area contributed by atoms with Crippen LogP contribution in [0.3, 0.4) is 0 Å². The summed E-state index contributed by atoms with van der Waals surface area (Å²) >= 11 is 0. The number of para-hydroxylation sites is 2. The average molecular weight is 468 g/mol. The van der Waals surface area contributed by atoms with Gasteiger partial charge in [0, 0.05) is 17.0 Å². The van der Waals surface area contributed by atoms with Gasteiger partial charge in [-0.1, -0.05) is 74.9 Å². The summed E-state index contributed by atoms with van der Waals surface area (Å²) in [5.74, 6) is 1.19. The van der Waals surface area contributed by atoms with E-state index < -0.39 is 27.7 Å². The van der Waals surface area contributed by atoms with Crippen molar-refractivity contribution in [2.24, 2.45) is 5.41 Å². The fraction of sp³-hybridized carbons (Fsp3) is 0.333. The molecule has 1 atom stereocenters. The molecule has 4 nitrogen and oxygen atoms in total. The van der Waals surface area contributed by atoms with Gasteiger partial charge >= 0.3 is 0 Å². The van der Waals surface area contributed by atoms with E-state index in [1.807, 2.05) is 76.2 Å². The van der Waals surface area contributed by atoms with Crippen LogP contribution in [0.5, 0.6) is 11.5 Å². The summed E-state index contributed by atoms with van der Waals surface area (Å²) < 4.78 is 50.7. The number of sulfonamides is 1. The predicted octanol–water partition coefficient (Wildman–Crippen LogP) is 6.36. The van der Waals surface area contributed by atoms with Crippen LogP contribution in [-0.4, -0.2) is 20.6 Å². The molecule has 33 heavy (non-hydrogen) atoms. The van der Waals surface area contributed by atoms with E-state index in [0.29, 0.717) is 11.5 Å². The molecule has 0 saturated heterocycles. The normalized spacial score (nSPS) is 15.8. The lowest BCUT2D eigenvalue weighted by molar-refractivity contribution is 0.110. The zero-order valence-corrected chi connectivity index (χ0v) is 20.2. The highest BCUT2D eigenvalue weighted by molar-refractivity contribution is 7.89. The maximum Gasteiger partial charge on any atom is 0.241 e. The van der Waals surface area contributed by atoms with E-state index in [4.69, 9.17) is 4.74 Å². The number of halogens is 1. The van der Waals surface area contributed by atoms with Gasteiger partial charge in [-0.2, -0.15) is 0 Å². The highest BCUT2D eigenvalue weighted by Crippen LogP contribution is 2.50. The molecule has 1 heterocycles. The second kappa shape index (κ2) is 8.58. The standard InChI is InChI=1S/C27H30FNO3S/c1-19-13-15-20(16-14-19)33(30,31)29-27(18-28,26(2,3)4)17-23-21-9-5-7-11-24(21)32-25-12-8-6-10-22(23)25/h5-16,23,29H,17-18H2,1-4H3. The summed E-state index contributed by atoms with van der Waals surface area (Å²) in [6.07, 6.45) is 0.246. The fourth-order valence-electron chi connectivity index (χ4n) is 4.39. The van der Waals surface area contributed by atoms with E-state index in [2.05, 4.69) is 4.72 Å². The van der Waals surface area contributed by atoms with Crippen LogP contribution in [0.2, 0.25) is 0 Å². The molecule has 0 radical (unpaired) electrons. The Morgan fingerprint density at radius 1 is 0.879 bits per heavy atom. The number of fused-ring (bicyclic) bond motifs is 2. The Hall–Kier alpha value is -2.70. The van der Waals surface area contributed by atoms with Gasteiger partial charge in [0.2, 0.25) is 10.0 Å². The first-order valence-corrected chi connectivity index (χ1v) is 12.6. The van der Waals surface area contributed by atoms with Gasteiger partial charge in [-0.3, -0.25) is 0 Å². The Balaban J connectivity index is 1.81. The zero-order chi connectivity index (χ0) is 23.9. The van der Waals surface area contributed by atoms with Gasteiger partial charge in [0.25, 0.3) is 0 Å². The molecule has 3 aromatic carbocycles. The summed E-state index contributed by atoms with van der Waals surface area (Å²) in [5, 5.41) is 0. The molecule has 0 spiro atoms. The van der Waals surface area contributed by atoms with Crippen molar-refractivity contribution in [1.82, 2.24) is 4.72 Å². The fourth-order valence-corrected chi connectivity index (χ4v) is 5.96. The third-order valence-electron chi connectivity index (χ3n) is 6.69. The van der Waals surface area contributed by atoms with Crippen molar-refractivity contribution in [3.63, 3.8) is 0 Å². The molecule has 1 N–H and O–H groups in total. The second-order valence-electron chi connectivity index (χ2n) is 9.82. The molecule has 0 aromatic heterocycles. The Morgan fingerprint density at radius 3 is 1.88 bits per heavy atom. The summed E-state index contributed by atoms with van der Waals surface area (Å²) in [6.45, 7) is 6.68. The number of rotatable bonds is 6. The first kappa shape index (κ1) is 23.5. The smallest absolute Gasteiger partial charge is 0.241 e. The highest BCUT2D eigenvalue weighted by Gasteiger charge is 2.48. The SMILES string of the molecule is Cc1ccc(S(=O)(=O)NC(CF)(CC2c3ccccc3Oc3ccccc32)C(C)(C)C)cc1. The maximum atomic E-state index is 15.1. The third kappa shape index (κ3) is 4.42. The number of ether oxygens (including phenoxy) is 1. The van der Waals surface area contributed by atoms with E-state index in [0.717, 1.165) is 16.7 Å². The lowest BCUT2D eigenvalue weighted by Crippen LogP contribution is -2.59. The molecule has 1 unspecified atom stereocenters. The maximum absolute atomic E-state index is 15.1. The van der Waals surface area contributed by atoms with Gasteiger partial charge in [0.1, 0.15) is 18.2 Å². The van der Waals surface area contributed by atoms with Gasteiger partial charge in [-0.15, -0.1) is 0 Å². The van der Waals surface area contributed by atoms with Gasteiger partial charge in [0.15, 0.2) is 0 Å². The monoisotopic (exact) mass is 467 g/mol. The van der Waals surface area contributed by atoms with Crippen molar-refractivity contribution in [2.75, 3.05) is 6.67 Å². The second-order valence-corrected chi connectivity index (χ2v) is 11.5. The van der Waals surface area contributed by atoms with Crippen LogP contribution in [-0.2, 0) is 10.0 Å². The molecular weight excluding hydrogens is 437 g/mol. The molecule has 0 amide bonds. The largest absolute Gasteiger partial charge is 0.457 e. The van der Waals surface area contributed by atoms with Crippen molar-refractivity contribution in [3.05, 3.63) is 89.5 Å². The van der Waals surface area contributed by atoms with Crippen molar-refractivity contribution >= 4 is 10.0 Å². The number of hydrogen-bond donors (Lipinski definition) is 1. The van der Waals surface area contributed by atoms with Crippen LogP contribution in [0.1, 0.15) is 49.8 Å². The molecule has 0 saturated carbocycles. The van der Waals surface area contributed by atoms with Crippen LogP contribution >= 0.6 is 0 Å². The number of alkyl halides is 1. The van der Waals surface area contributed by atoms with Gasteiger partial charge in [-0.05, 0) is 43.0 Å². The third-order valence-corrected chi connectivity index (χ3v) is 8.24. The van der Waals surface area contributed by atoms with Crippen molar-refractivity contribution in [1.29, 1.82) is 0 Å². The van der Waals surface area contributed by atoms with Crippen LogP contribution in [0.25, 0.3) is 0 Å². The number of hydrogen-bond acceptors (Lipinski definition) is 3. The Morgan fingerprint density at radius 2 is 1.39 bits per heavy atom. The van der Waals surface area contributed by atoms with Gasteiger partial charge in [0.05, 0.1) is 10.4 Å². The summed E-state index contributed by atoms with van der Waals surface area (Å²) in [7, 11) is -3.96. The molecule has 6 heteroatoms. The Labute approximate surface area is 195 Å². The molecule has 4 rings (SSSR count). The molecule has 1 aliphatic heterocycles. The lowest BCUT2D eigenvalue weighted by atomic mass is 9.67. The van der Waals surface area contributed by atoms with Crippen LogP contribution in [0, 0.1) is 12.3 Å².